The predicted octanol–water partition coefficient (Wildman–Crippen LogP) is 2.34. The van der Waals surface area contributed by atoms with E-state index in [9.17, 15) is 0 Å². The van der Waals surface area contributed by atoms with Crippen LogP contribution in [0.3, 0.4) is 0 Å². The normalized spacial score (nSPS) is 14.6. The summed E-state index contributed by atoms with van der Waals surface area (Å²) in [7, 11) is 1.95. The van der Waals surface area contributed by atoms with Crippen LogP contribution < -0.4 is 5.32 Å². The third-order valence-corrected chi connectivity index (χ3v) is 3.44. The van der Waals surface area contributed by atoms with Gasteiger partial charge in [0.1, 0.15) is 0 Å². The lowest BCUT2D eigenvalue weighted by atomic mass is 9.90. The van der Waals surface area contributed by atoms with E-state index in [0.717, 1.165) is 26.2 Å². The van der Waals surface area contributed by atoms with Crippen molar-refractivity contribution in [2.75, 3.05) is 26.8 Å². The Morgan fingerprint density at radius 2 is 1.94 bits per heavy atom. The van der Waals surface area contributed by atoms with Crippen LogP contribution in [0.25, 0.3) is 0 Å². The number of hydrogen-bond donors (Lipinski definition) is 1. The van der Waals surface area contributed by atoms with Gasteiger partial charge in [0, 0.05) is 6.54 Å². The molecule has 2 rings (SSSR count). The zero-order valence-electron chi connectivity index (χ0n) is 10.8. The van der Waals surface area contributed by atoms with Gasteiger partial charge >= 0.3 is 0 Å². The lowest BCUT2D eigenvalue weighted by Crippen LogP contribution is -2.15. The van der Waals surface area contributed by atoms with Crippen LogP contribution in [-0.2, 0) is 24.0 Å². The van der Waals surface area contributed by atoms with Gasteiger partial charge in [-0.3, -0.25) is 0 Å². The Hall–Kier alpha value is -0.860. The maximum absolute atomic E-state index is 5.56. The van der Waals surface area contributed by atoms with Crippen molar-refractivity contribution in [3.63, 3.8) is 0 Å². The Balaban J connectivity index is 1.81. The number of aryl methyl sites for hydroxylation is 2. The number of benzene rings is 1. The summed E-state index contributed by atoms with van der Waals surface area (Å²) in [4.78, 5) is 0. The molecule has 94 valence electrons. The van der Waals surface area contributed by atoms with Crippen molar-refractivity contribution < 1.29 is 4.74 Å². The fourth-order valence-electron chi connectivity index (χ4n) is 2.41. The molecule has 0 aliphatic heterocycles. The van der Waals surface area contributed by atoms with Gasteiger partial charge in [-0.2, -0.15) is 0 Å². The molecule has 0 aromatic heterocycles. The molecule has 1 aromatic rings. The molecule has 1 N–H and O–H groups in total. The highest BCUT2D eigenvalue weighted by molar-refractivity contribution is 5.33. The molecule has 0 unspecified atom stereocenters. The number of rotatable bonds is 6. The first-order valence-electron chi connectivity index (χ1n) is 6.73. The Bertz CT molecular complexity index is 349. The van der Waals surface area contributed by atoms with Crippen LogP contribution in [0.15, 0.2) is 18.2 Å². The molecule has 0 heterocycles. The Labute approximate surface area is 104 Å². The number of hydrogen-bond acceptors (Lipinski definition) is 2. The van der Waals surface area contributed by atoms with Gasteiger partial charge < -0.3 is 10.1 Å². The standard InChI is InChI=1S/C15H23NO/c1-16-9-11-17-10-8-13-6-7-14-4-2-3-5-15(14)12-13/h6-7,12,16H,2-5,8-11H2,1H3. The summed E-state index contributed by atoms with van der Waals surface area (Å²) in [6, 6.07) is 6.97. The van der Waals surface area contributed by atoms with Gasteiger partial charge in [0.25, 0.3) is 0 Å². The summed E-state index contributed by atoms with van der Waals surface area (Å²) in [6.45, 7) is 2.58. The van der Waals surface area contributed by atoms with E-state index < -0.39 is 0 Å². The maximum atomic E-state index is 5.56. The van der Waals surface area contributed by atoms with E-state index in [2.05, 4.69) is 23.5 Å². The number of likely N-dealkylation sites (N-methyl/N-ethyl adjacent to an activating group) is 1. The largest absolute Gasteiger partial charge is 0.380 e. The molecule has 1 aliphatic carbocycles. The average molecular weight is 233 g/mol. The van der Waals surface area contributed by atoms with Gasteiger partial charge in [0.05, 0.1) is 13.2 Å². The summed E-state index contributed by atoms with van der Waals surface area (Å²) in [5.41, 5.74) is 4.56. The summed E-state index contributed by atoms with van der Waals surface area (Å²) in [5, 5.41) is 3.08. The molecule has 2 nitrogen and oxygen atoms in total. The zero-order valence-corrected chi connectivity index (χ0v) is 10.8. The molecule has 2 heteroatoms. The molecule has 0 atom stereocenters. The van der Waals surface area contributed by atoms with Crippen LogP contribution >= 0.6 is 0 Å². The molecular formula is C15H23NO. The van der Waals surface area contributed by atoms with Crippen molar-refractivity contribution in [2.24, 2.45) is 0 Å². The number of ether oxygens (including phenoxy) is 1. The minimum Gasteiger partial charge on any atom is -0.380 e. The van der Waals surface area contributed by atoms with Crippen molar-refractivity contribution in [1.82, 2.24) is 5.32 Å². The first kappa shape index (κ1) is 12.6. The predicted molar refractivity (Wildman–Crippen MR) is 71.5 cm³/mol. The molecule has 17 heavy (non-hydrogen) atoms. The first-order valence-corrected chi connectivity index (χ1v) is 6.73. The van der Waals surface area contributed by atoms with E-state index in [4.69, 9.17) is 4.74 Å². The second-order valence-corrected chi connectivity index (χ2v) is 4.78. The molecule has 0 saturated carbocycles. The third-order valence-electron chi connectivity index (χ3n) is 3.44. The Morgan fingerprint density at radius 3 is 2.76 bits per heavy atom. The monoisotopic (exact) mass is 233 g/mol. The summed E-state index contributed by atoms with van der Waals surface area (Å²) in [5.74, 6) is 0. The van der Waals surface area contributed by atoms with Gasteiger partial charge in [-0.05, 0) is 55.8 Å². The highest BCUT2D eigenvalue weighted by Crippen LogP contribution is 2.22. The highest BCUT2D eigenvalue weighted by Gasteiger charge is 2.09. The van der Waals surface area contributed by atoms with Crippen LogP contribution in [0.2, 0.25) is 0 Å². The van der Waals surface area contributed by atoms with Gasteiger partial charge in [-0.25, -0.2) is 0 Å². The quantitative estimate of drug-likeness (QED) is 0.762. The second-order valence-electron chi connectivity index (χ2n) is 4.78. The van der Waals surface area contributed by atoms with Crippen molar-refractivity contribution >= 4 is 0 Å². The van der Waals surface area contributed by atoms with E-state index in [1.165, 1.54) is 31.2 Å². The smallest absolute Gasteiger partial charge is 0.0590 e. The molecule has 1 aromatic carbocycles. The van der Waals surface area contributed by atoms with Gasteiger partial charge in [-0.1, -0.05) is 18.2 Å². The van der Waals surface area contributed by atoms with Gasteiger partial charge in [0.2, 0.25) is 0 Å². The molecular weight excluding hydrogens is 210 g/mol. The van der Waals surface area contributed by atoms with Gasteiger partial charge in [0.15, 0.2) is 0 Å². The Morgan fingerprint density at radius 1 is 1.12 bits per heavy atom. The topological polar surface area (TPSA) is 21.3 Å². The molecule has 0 saturated heterocycles. The lowest BCUT2D eigenvalue weighted by Gasteiger charge is -2.16. The second kappa shape index (κ2) is 6.77. The number of nitrogens with one attached hydrogen (secondary N) is 1. The van der Waals surface area contributed by atoms with Crippen LogP contribution in [0.1, 0.15) is 29.5 Å². The minimum atomic E-state index is 0.807. The molecule has 1 aliphatic rings. The van der Waals surface area contributed by atoms with Crippen molar-refractivity contribution in [3.05, 3.63) is 34.9 Å². The van der Waals surface area contributed by atoms with E-state index in [-0.39, 0.29) is 0 Å². The first-order chi connectivity index (χ1) is 8.40. The molecule has 0 amide bonds. The lowest BCUT2D eigenvalue weighted by molar-refractivity contribution is 0.140. The zero-order chi connectivity index (χ0) is 11.9. The molecule has 0 fully saturated rings. The minimum absolute atomic E-state index is 0.807. The van der Waals surface area contributed by atoms with Crippen LogP contribution in [0.5, 0.6) is 0 Å². The molecule has 0 radical (unpaired) electrons. The van der Waals surface area contributed by atoms with E-state index in [1.54, 1.807) is 11.1 Å². The van der Waals surface area contributed by atoms with E-state index in [1.807, 2.05) is 7.05 Å². The Kier molecular flexibility index (Phi) is 5.02. The van der Waals surface area contributed by atoms with E-state index >= 15 is 0 Å². The summed E-state index contributed by atoms with van der Waals surface area (Å²) < 4.78 is 5.56. The third kappa shape index (κ3) is 3.83. The van der Waals surface area contributed by atoms with Gasteiger partial charge in [-0.15, -0.1) is 0 Å². The van der Waals surface area contributed by atoms with Crippen LogP contribution in [0.4, 0.5) is 0 Å². The average Bonchev–Trinajstić information content (AvgIpc) is 2.38. The fourth-order valence-corrected chi connectivity index (χ4v) is 2.41. The van der Waals surface area contributed by atoms with Crippen LogP contribution in [0, 0.1) is 0 Å². The molecule has 0 bridgehead atoms. The van der Waals surface area contributed by atoms with Crippen LogP contribution in [-0.4, -0.2) is 26.8 Å². The maximum Gasteiger partial charge on any atom is 0.0590 e. The van der Waals surface area contributed by atoms with E-state index in [0.29, 0.717) is 0 Å². The number of fused-ring (bicyclic) bond motifs is 1. The summed E-state index contributed by atoms with van der Waals surface area (Å²) >= 11 is 0. The summed E-state index contributed by atoms with van der Waals surface area (Å²) in [6.07, 6.45) is 6.30. The van der Waals surface area contributed by atoms with Crippen molar-refractivity contribution in [3.8, 4) is 0 Å². The van der Waals surface area contributed by atoms with Crippen molar-refractivity contribution in [1.29, 1.82) is 0 Å². The highest BCUT2D eigenvalue weighted by atomic mass is 16.5. The fraction of sp³-hybridized carbons (Fsp3) is 0.600. The molecule has 0 spiro atoms. The SMILES string of the molecule is CNCCOCCc1ccc2c(c1)CCCC2. The van der Waals surface area contributed by atoms with Crippen molar-refractivity contribution in [2.45, 2.75) is 32.1 Å².